The Morgan fingerprint density at radius 1 is 1.44 bits per heavy atom. The van der Waals surface area contributed by atoms with E-state index in [2.05, 4.69) is 16.1 Å². The van der Waals surface area contributed by atoms with Gasteiger partial charge in [0.25, 0.3) is 5.91 Å². The highest BCUT2D eigenvalue weighted by Crippen LogP contribution is 2.14. The van der Waals surface area contributed by atoms with Crippen molar-refractivity contribution in [3.63, 3.8) is 0 Å². The number of nitrogens with zero attached hydrogens (tertiary/aromatic N) is 4. The molecule has 0 aliphatic carbocycles. The van der Waals surface area contributed by atoms with E-state index in [1.165, 1.54) is 0 Å². The van der Waals surface area contributed by atoms with Gasteiger partial charge in [0.1, 0.15) is 0 Å². The molecule has 0 bridgehead atoms. The number of nitrogens with two attached hydrogens (primary N) is 1. The maximum absolute atomic E-state index is 11.3. The third kappa shape index (κ3) is 1.78. The summed E-state index contributed by atoms with van der Waals surface area (Å²) in [5.41, 5.74) is 5.97. The zero-order valence-corrected chi connectivity index (χ0v) is 9.67. The van der Waals surface area contributed by atoms with Gasteiger partial charge in [-0.15, -0.1) is 5.10 Å². The number of morpholine rings is 1. The SMILES string of the molecule is NC(=O)c1[c]ccn2nc(N3CCOCC3)nc12. The highest BCUT2D eigenvalue weighted by molar-refractivity contribution is 5.98. The predicted molar refractivity (Wildman–Crippen MR) is 63.4 cm³/mol. The first-order valence-electron chi connectivity index (χ1n) is 5.65. The molecule has 1 aliphatic heterocycles. The van der Waals surface area contributed by atoms with Crippen LogP contribution in [0.2, 0.25) is 0 Å². The highest BCUT2D eigenvalue weighted by Gasteiger charge is 2.18. The smallest absolute Gasteiger partial charge is 0.253 e. The van der Waals surface area contributed by atoms with E-state index in [0.29, 0.717) is 24.8 Å². The molecule has 0 atom stereocenters. The Bertz CT molecular complexity index is 588. The summed E-state index contributed by atoms with van der Waals surface area (Å²) in [6, 6.07) is 4.39. The molecule has 1 radical (unpaired) electrons. The normalized spacial score (nSPS) is 16.1. The van der Waals surface area contributed by atoms with Crippen molar-refractivity contribution in [3.05, 3.63) is 23.9 Å². The maximum atomic E-state index is 11.3. The average molecular weight is 246 g/mol. The van der Waals surface area contributed by atoms with E-state index in [9.17, 15) is 4.79 Å². The molecule has 93 valence electrons. The number of primary amides is 1. The lowest BCUT2D eigenvalue weighted by molar-refractivity contribution is 0.100. The predicted octanol–water partition coefficient (Wildman–Crippen LogP) is -0.535. The summed E-state index contributed by atoms with van der Waals surface area (Å²) in [7, 11) is 0. The van der Waals surface area contributed by atoms with Gasteiger partial charge in [0.2, 0.25) is 5.95 Å². The molecule has 18 heavy (non-hydrogen) atoms. The van der Waals surface area contributed by atoms with Gasteiger partial charge < -0.3 is 15.4 Å². The molecule has 7 nitrogen and oxygen atoms in total. The molecule has 2 aromatic heterocycles. The third-order valence-electron chi connectivity index (χ3n) is 2.83. The van der Waals surface area contributed by atoms with Crippen LogP contribution in [0.1, 0.15) is 10.4 Å². The van der Waals surface area contributed by atoms with Crippen LogP contribution in [0.15, 0.2) is 12.3 Å². The molecule has 2 aromatic rings. The van der Waals surface area contributed by atoms with Crippen molar-refractivity contribution in [1.29, 1.82) is 0 Å². The van der Waals surface area contributed by atoms with Crippen molar-refractivity contribution in [1.82, 2.24) is 14.6 Å². The van der Waals surface area contributed by atoms with E-state index in [0.717, 1.165) is 13.1 Å². The Balaban J connectivity index is 2.04. The fourth-order valence-electron chi connectivity index (χ4n) is 1.92. The number of fused-ring (bicyclic) bond motifs is 1. The Hall–Kier alpha value is -2.15. The molecule has 7 heteroatoms. The van der Waals surface area contributed by atoms with Gasteiger partial charge in [-0.3, -0.25) is 4.79 Å². The zero-order valence-electron chi connectivity index (χ0n) is 9.67. The molecule has 2 N–H and O–H groups in total. The topological polar surface area (TPSA) is 85.8 Å². The van der Waals surface area contributed by atoms with Crippen LogP contribution < -0.4 is 10.6 Å². The number of ether oxygens (including phenoxy) is 1. The first-order valence-corrected chi connectivity index (χ1v) is 5.65. The van der Waals surface area contributed by atoms with Crippen LogP contribution in [0.25, 0.3) is 5.65 Å². The van der Waals surface area contributed by atoms with Gasteiger partial charge in [-0.2, -0.15) is 4.98 Å². The summed E-state index contributed by atoms with van der Waals surface area (Å²) in [5.74, 6) is 0.0296. The van der Waals surface area contributed by atoms with Gasteiger partial charge in [0, 0.05) is 25.4 Å². The number of rotatable bonds is 2. The lowest BCUT2D eigenvalue weighted by Gasteiger charge is -2.25. The molecule has 3 rings (SSSR count). The van der Waals surface area contributed by atoms with E-state index in [1.807, 2.05) is 4.90 Å². The van der Waals surface area contributed by atoms with Gasteiger partial charge >= 0.3 is 0 Å². The quantitative estimate of drug-likeness (QED) is 0.769. The van der Waals surface area contributed by atoms with Gasteiger partial charge in [-0.05, 0) is 6.07 Å². The molecule has 0 unspecified atom stereocenters. The van der Waals surface area contributed by atoms with E-state index in [1.54, 1.807) is 16.8 Å². The lowest BCUT2D eigenvalue weighted by atomic mass is 10.2. The van der Waals surface area contributed by atoms with Gasteiger partial charge in [0.15, 0.2) is 5.65 Å². The van der Waals surface area contributed by atoms with E-state index < -0.39 is 5.91 Å². The summed E-state index contributed by atoms with van der Waals surface area (Å²) < 4.78 is 6.82. The second-order valence-electron chi connectivity index (χ2n) is 3.98. The number of pyridine rings is 1. The van der Waals surface area contributed by atoms with Gasteiger partial charge in [-0.25, -0.2) is 4.52 Å². The molecule has 1 aliphatic rings. The molecular formula is C11H12N5O2. The van der Waals surface area contributed by atoms with Crippen molar-refractivity contribution >= 4 is 17.5 Å². The molecule has 1 saturated heterocycles. The number of hydrogen-bond acceptors (Lipinski definition) is 5. The minimum atomic E-state index is -0.554. The molecule has 0 aromatic carbocycles. The minimum Gasteiger partial charge on any atom is -0.378 e. The van der Waals surface area contributed by atoms with E-state index >= 15 is 0 Å². The average Bonchev–Trinajstić information content (AvgIpc) is 2.83. The van der Waals surface area contributed by atoms with Gasteiger partial charge in [0.05, 0.1) is 18.8 Å². The molecule has 1 fully saturated rings. The Morgan fingerprint density at radius 3 is 2.94 bits per heavy atom. The highest BCUT2D eigenvalue weighted by atomic mass is 16.5. The molecule has 1 amide bonds. The second-order valence-corrected chi connectivity index (χ2v) is 3.98. The number of anilines is 1. The fourth-order valence-corrected chi connectivity index (χ4v) is 1.92. The largest absolute Gasteiger partial charge is 0.378 e. The third-order valence-corrected chi connectivity index (χ3v) is 2.83. The van der Waals surface area contributed by atoms with Crippen LogP contribution in [0.3, 0.4) is 0 Å². The maximum Gasteiger partial charge on any atom is 0.253 e. The summed E-state index contributed by atoms with van der Waals surface area (Å²) in [6.07, 6.45) is 1.69. The standard InChI is InChI=1S/C11H12N5O2/c12-9(17)8-2-1-3-16-10(8)13-11(14-16)15-4-6-18-7-5-15/h1,3H,4-7H2,(H2,12,17). The number of aromatic nitrogens is 3. The number of carbonyl (C=O) groups excluding carboxylic acids is 1. The van der Waals surface area contributed by atoms with Crippen molar-refractivity contribution in [3.8, 4) is 0 Å². The van der Waals surface area contributed by atoms with Crippen LogP contribution in [0.5, 0.6) is 0 Å². The van der Waals surface area contributed by atoms with Crippen molar-refractivity contribution < 1.29 is 9.53 Å². The van der Waals surface area contributed by atoms with E-state index in [4.69, 9.17) is 10.5 Å². The molecular weight excluding hydrogens is 234 g/mol. The lowest BCUT2D eigenvalue weighted by Crippen LogP contribution is -2.36. The zero-order chi connectivity index (χ0) is 12.5. The minimum absolute atomic E-state index is 0.254. The van der Waals surface area contributed by atoms with Crippen molar-refractivity contribution in [2.24, 2.45) is 5.73 Å². The van der Waals surface area contributed by atoms with E-state index in [-0.39, 0.29) is 5.56 Å². The molecule has 0 saturated carbocycles. The Labute approximate surface area is 103 Å². The first kappa shape index (κ1) is 11.0. The summed E-state index contributed by atoms with van der Waals surface area (Å²) in [4.78, 5) is 17.6. The molecule has 0 spiro atoms. The Kier molecular flexibility index (Phi) is 2.60. The van der Waals surface area contributed by atoms with Crippen LogP contribution in [-0.2, 0) is 4.74 Å². The molecule has 3 heterocycles. The van der Waals surface area contributed by atoms with Crippen LogP contribution in [0, 0.1) is 6.07 Å². The monoisotopic (exact) mass is 246 g/mol. The van der Waals surface area contributed by atoms with Crippen LogP contribution >= 0.6 is 0 Å². The number of hydrogen-bond donors (Lipinski definition) is 1. The fraction of sp³-hybridized carbons (Fsp3) is 0.364. The van der Waals surface area contributed by atoms with Crippen molar-refractivity contribution in [2.45, 2.75) is 0 Å². The number of amides is 1. The van der Waals surface area contributed by atoms with Crippen LogP contribution in [-0.4, -0.2) is 46.8 Å². The second kappa shape index (κ2) is 4.26. The summed E-state index contributed by atoms with van der Waals surface area (Å²) in [6.45, 7) is 2.80. The van der Waals surface area contributed by atoms with Gasteiger partial charge in [-0.1, -0.05) is 0 Å². The Morgan fingerprint density at radius 2 is 2.22 bits per heavy atom. The van der Waals surface area contributed by atoms with Crippen molar-refractivity contribution in [2.75, 3.05) is 31.2 Å². The summed E-state index contributed by atoms with van der Waals surface area (Å²) in [5, 5.41) is 4.33. The first-order chi connectivity index (χ1) is 8.75. The number of carbonyl (C=O) groups is 1. The summed E-state index contributed by atoms with van der Waals surface area (Å²) >= 11 is 0. The van der Waals surface area contributed by atoms with Crippen LogP contribution in [0.4, 0.5) is 5.95 Å².